The molecule has 20 heavy (non-hydrogen) atoms. The Bertz CT molecular complexity index is 577. The van der Waals surface area contributed by atoms with Gasteiger partial charge in [-0.15, -0.1) is 0 Å². The number of rotatable bonds is 5. The van der Waals surface area contributed by atoms with Crippen molar-refractivity contribution in [1.29, 1.82) is 0 Å². The fourth-order valence-corrected chi connectivity index (χ4v) is 1.97. The zero-order chi connectivity index (χ0) is 14.5. The van der Waals surface area contributed by atoms with E-state index in [1.807, 2.05) is 37.2 Å². The van der Waals surface area contributed by atoms with Crippen LogP contribution in [0, 0.1) is 0 Å². The Morgan fingerprint density at radius 1 is 1.35 bits per heavy atom. The SMILES string of the molecule is CN(C)c1ccc(N)cc1C(=O)NCCc1ccco1. The van der Waals surface area contributed by atoms with E-state index in [-0.39, 0.29) is 5.91 Å². The van der Waals surface area contributed by atoms with E-state index >= 15 is 0 Å². The quantitative estimate of drug-likeness (QED) is 0.816. The predicted octanol–water partition coefficient (Wildman–Crippen LogP) is 1.90. The highest BCUT2D eigenvalue weighted by molar-refractivity contribution is 6.00. The summed E-state index contributed by atoms with van der Waals surface area (Å²) in [4.78, 5) is 14.1. The van der Waals surface area contributed by atoms with Crippen LogP contribution in [0.3, 0.4) is 0 Å². The molecule has 1 aromatic heterocycles. The van der Waals surface area contributed by atoms with E-state index in [0.717, 1.165) is 11.4 Å². The lowest BCUT2D eigenvalue weighted by atomic mass is 10.1. The second-order valence-electron chi connectivity index (χ2n) is 4.76. The van der Waals surface area contributed by atoms with Gasteiger partial charge in [0.15, 0.2) is 0 Å². The van der Waals surface area contributed by atoms with Crippen LogP contribution in [0.4, 0.5) is 11.4 Å². The number of nitrogens with two attached hydrogens (primary N) is 1. The molecule has 0 radical (unpaired) electrons. The van der Waals surface area contributed by atoms with Crippen LogP contribution in [0.15, 0.2) is 41.0 Å². The van der Waals surface area contributed by atoms with E-state index in [4.69, 9.17) is 10.2 Å². The van der Waals surface area contributed by atoms with Gasteiger partial charge < -0.3 is 20.4 Å². The topological polar surface area (TPSA) is 71.5 Å². The molecule has 0 aliphatic rings. The summed E-state index contributed by atoms with van der Waals surface area (Å²) in [7, 11) is 3.79. The third-order valence-corrected chi connectivity index (χ3v) is 2.98. The second-order valence-corrected chi connectivity index (χ2v) is 4.76. The molecule has 1 amide bonds. The molecule has 0 unspecified atom stereocenters. The second kappa shape index (κ2) is 6.14. The van der Waals surface area contributed by atoms with Gasteiger partial charge in [0.05, 0.1) is 11.8 Å². The summed E-state index contributed by atoms with van der Waals surface area (Å²) >= 11 is 0. The van der Waals surface area contributed by atoms with Crippen molar-refractivity contribution in [2.45, 2.75) is 6.42 Å². The number of carbonyl (C=O) groups excluding carboxylic acids is 1. The average Bonchev–Trinajstić information content (AvgIpc) is 2.91. The number of hydrogen-bond acceptors (Lipinski definition) is 4. The van der Waals surface area contributed by atoms with Gasteiger partial charge in [0.2, 0.25) is 0 Å². The molecule has 0 saturated heterocycles. The Labute approximate surface area is 118 Å². The molecular weight excluding hydrogens is 254 g/mol. The van der Waals surface area contributed by atoms with Crippen LogP contribution in [0.1, 0.15) is 16.1 Å². The highest BCUT2D eigenvalue weighted by Crippen LogP contribution is 2.21. The summed E-state index contributed by atoms with van der Waals surface area (Å²) in [5.41, 5.74) is 7.75. The van der Waals surface area contributed by atoms with Gasteiger partial charge in [0.25, 0.3) is 5.91 Å². The van der Waals surface area contributed by atoms with E-state index in [9.17, 15) is 4.79 Å². The van der Waals surface area contributed by atoms with Crippen molar-refractivity contribution >= 4 is 17.3 Å². The first kappa shape index (κ1) is 14.0. The maximum Gasteiger partial charge on any atom is 0.253 e. The predicted molar refractivity (Wildman–Crippen MR) is 79.9 cm³/mol. The molecule has 5 heteroatoms. The lowest BCUT2D eigenvalue weighted by molar-refractivity contribution is 0.0954. The first-order chi connectivity index (χ1) is 9.58. The molecular formula is C15H19N3O2. The number of furan rings is 1. The minimum Gasteiger partial charge on any atom is -0.469 e. The number of nitrogens with zero attached hydrogens (tertiary/aromatic N) is 1. The number of amides is 1. The molecule has 1 aromatic carbocycles. The van der Waals surface area contributed by atoms with Crippen LogP contribution in [0.2, 0.25) is 0 Å². The van der Waals surface area contributed by atoms with Gasteiger partial charge in [-0.25, -0.2) is 0 Å². The van der Waals surface area contributed by atoms with Gasteiger partial charge in [-0.2, -0.15) is 0 Å². The van der Waals surface area contributed by atoms with Crippen molar-refractivity contribution in [3.05, 3.63) is 47.9 Å². The molecule has 0 bridgehead atoms. The van der Waals surface area contributed by atoms with E-state index in [1.165, 1.54) is 0 Å². The number of benzene rings is 1. The first-order valence-electron chi connectivity index (χ1n) is 6.45. The highest BCUT2D eigenvalue weighted by atomic mass is 16.3. The van der Waals surface area contributed by atoms with E-state index in [1.54, 1.807) is 18.4 Å². The van der Waals surface area contributed by atoms with E-state index < -0.39 is 0 Å². The largest absolute Gasteiger partial charge is 0.469 e. The lowest BCUT2D eigenvalue weighted by Gasteiger charge is -2.17. The molecule has 0 aliphatic carbocycles. The van der Waals surface area contributed by atoms with Crippen LogP contribution in [-0.2, 0) is 6.42 Å². The van der Waals surface area contributed by atoms with Gasteiger partial charge in [-0.1, -0.05) is 0 Å². The molecule has 0 spiro atoms. The van der Waals surface area contributed by atoms with Crippen molar-refractivity contribution in [3.63, 3.8) is 0 Å². The minimum absolute atomic E-state index is 0.132. The fourth-order valence-electron chi connectivity index (χ4n) is 1.97. The molecule has 0 atom stereocenters. The number of anilines is 2. The van der Waals surface area contributed by atoms with Crippen molar-refractivity contribution in [2.75, 3.05) is 31.3 Å². The molecule has 1 heterocycles. The van der Waals surface area contributed by atoms with E-state index in [0.29, 0.717) is 24.2 Å². The zero-order valence-electron chi connectivity index (χ0n) is 11.7. The fraction of sp³-hybridized carbons (Fsp3) is 0.267. The third-order valence-electron chi connectivity index (χ3n) is 2.98. The van der Waals surface area contributed by atoms with Crippen molar-refractivity contribution < 1.29 is 9.21 Å². The Balaban J connectivity index is 2.03. The summed E-state index contributed by atoms with van der Waals surface area (Å²) < 4.78 is 5.22. The van der Waals surface area contributed by atoms with Gasteiger partial charge in [-0.05, 0) is 30.3 Å². The maximum absolute atomic E-state index is 12.2. The zero-order valence-corrected chi connectivity index (χ0v) is 11.7. The van der Waals surface area contributed by atoms with Gasteiger partial charge in [0, 0.05) is 38.4 Å². The Morgan fingerprint density at radius 2 is 2.15 bits per heavy atom. The van der Waals surface area contributed by atoms with Crippen molar-refractivity contribution in [1.82, 2.24) is 5.32 Å². The molecule has 2 rings (SSSR count). The van der Waals surface area contributed by atoms with Gasteiger partial charge in [0.1, 0.15) is 5.76 Å². The Morgan fingerprint density at radius 3 is 2.80 bits per heavy atom. The summed E-state index contributed by atoms with van der Waals surface area (Å²) in [5.74, 6) is 0.721. The Hall–Kier alpha value is -2.43. The number of nitrogens with one attached hydrogen (secondary N) is 1. The van der Waals surface area contributed by atoms with Gasteiger partial charge >= 0.3 is 0 Å². The third kappa shape index (κ3) is 3.32. The minimum atomic E-state index is -0.132. The van der Waals surface area contributed by atoms with Crippen LogP contribution in [0.5, 0.6) is 0 Å². The standard InChI is InChI=1S/C15H19N3O2/c1-18(2)14-6-5-11(16)10-13(14)15(19)17-8-7-12-4-3-9-20-12/h3-6,9-10H,7-8,16H2,1-2H3,(H,17,19). The molecule has 0 fully saturated rings. The summed E-state index contributed by atoms with van der Waals surface area (Å²) in [6.45, 7) is 0.522. The summed E-state index contributed by atoms with van der Waals surface area (Å²) in [6, 6.07) is 9.04. The van der Waals surface area contributed by atoms with E-state index in [2.05, 4.69) is 5.32 Å². The smallest absolute Gasteiger partial charge is 0.253 e. The summed E-state index contributed by atoms with van der Waals surface area (Å²) in [5, 5.41) is 2.88. The Kier molecular flexibility index (Phi) is 4.30. The molecule has 2 aromatic rings. The van der Waals surface area contributed by atoms with Crippen LogP contribution < -0.4 is 16.0 Å². The number of hydrogen-bond donors (Lipinski definition) is 2. The molecule has 5 nitrogen and oxygen atoms in total. The lowest BCUT2D eigenvalue weighted by Crippen LogP contribution is -2.27. The first-order valence-corrected chi connectivity index (χ1v) is 6.45. The monoisotopic (exact) mass is 273 g/mol. The normalized spacial score (nSPS) is 10.3. The van der Waals surface area contributed by atoms with Crippen LogP contribution in [-0.4, -0.2) is 26.5 Å². The molecule has 0 aliphatic heterocycles. The van der Waals surface area contributed by atoms with Crippen molar-refractivity contribution in [3.8, 4) is 0 Å². The van der Waals surface area contributed by atoms with Gasteiger partial charge in [-0.3, -0.25) is 4.79 Å². The number of carbonyl (C=O) groups is 1. The highest BCUT2D eigenvalue weighted by Gasteiger charge is 2.13. The molecule has 106 valence electrons. The van der Waals surface area contributed by atoms with Crippen molar-refractivity contribution in [2.24, 2.45) is 0 Å². The van der Waals surface area contributed by atoms with Crippen LogP contribution in [0.25, 0.3) is 0 Å². The number of nitrogen functional groups attached to an aromatic ring is 1. The molecule has 0 saturated carbocycles. The summed E-state index contributed by atoms with van der Waals surface area (Å²) in [6.07, 6.45) is 2.29. The van der Waals surface area contributed by atoms with Crippen LogP contribution >= 0.6 is 0 Å². The molecule has 3 N–H and O–H groups in total. The average molecular weight is 273 g/mol. The maximum atomic E-state index is 12.2.